The van der Waals surface area contributed by atoms with Gasteiger partial charge in [-0.25, -0.2) is 4.68 Å². The van der Waals surface area contributed by atoms with Crippen LogP contribution in [0.3, 0.4) is 0 Å². The summed E-state index contributed by atoms with van der Waals surface area (Å²) in [6, 6.07) is 9.10. The molecular formula is C13H12N4O3. The number of benzene rings is 1. The number of hydrogen-bond donors (Lipinski definition) is 1. The zero-order valence-corrected chi connectivity index (χ0v) is 10.5. The fourth-order valence-corrected chi connectivity index (χ4v) is 1.61. The first kappa shape index (κ1) is 13.6. The van der Waals surface area contributed by atoms with Crippen LogP contribution in [0.25, 0.3) is 0 Å². The predicted octanol–water partition coefficient (Wildman–Crippen LogP) is -0.0239. The van der Waals surface area contributed by atoms with Gasteiger partial charge >= 0.3 is 0 Å². The van der Waals surface area contributed by atoms with Gasteiger partial charge in [-0.05, 0) is 5.56 Å². The number of aldehydes is 1. The van der Waals surface area contributed by atoms with E-state index in [-0.39, 0.29) is 18.7 Å². The number of amides is 2. The van der Waals surface area contributed by atoms with E-state index in [0.717, 1.165) is 5.56 Å². The Morgan fingerprint density at radius 1 is 1.20 bits per heavy atom. The molecular weight excluding hydrogens is 260 g/mol. The largest absolute Gasteiger partial charge is 0.296 e. The maximum absolute atomic E-state index is 11.6. The molecule has 1 heterocycles. The quantitative estimate of drug-likeness (QED) is 0.772. The second-order valence-corrected chi connectivity index (χ2v) is 4.09. The molecule has 20 heavy (non-hydrogen) atoms. The minimum Gasteiger partial charge on any atom is -0.296 e. The first-order valence-corrected chi connectivity index (χ1v) is 5.89. The first-order valence-electron chi connectivity index (χ1n) is 5.89. The van der Waals surface area contributed by atoms with Gasteiger partial charge in [0.15, 0.2) is 6.29 Å². The molecule has 7 nitrogen and oxygen atoms in total. The van der Waals surface area contributed by atoms with Crippen LogP contribution in [0.1, 0.15) is 16.1 Å². The third-order valence-electron chi connectivity index (χ3n) is 2.47. The number of imide groups is 1. The highest BCUT2D eigenvalue weighted by Gasteiger charge is 2.10. The van der Waals surface area contributed by atoms with Crippen LogP contribution in [0.4, 0.5) is 0 Å². The molecule has 2 aromatic rings. The average Bonchev–Trinajstić information content (AvgIpc) is 2.87. The maximum atomic E-state index is 11.6. The van der Waals surface area contributed by atoms with Gasteiger partial charge in [-0.2, -0.15) is 0 Å². The van der Waals surface area contributed by atoms with Crippen LogP contribution in [0.2, 0.25) is 0 Å². The number of carbonyl (C=O) groups excluding carboxylic acids is 3. The van der Waals surface area contributed by atoms with E-state index < -0.39 is 11.8 Å². The lowest BCUT2D eigenvalue weighted by molar-refractivity contribution is -0.130. The molecule has 0 fully saturated rings. The normalized spacial score (nSPS) is 10.0. The van der Waals surface area contributed by atoms with E-state index in [1.165, 1.54) is 10.9 Å². The molecule has 0 atom stereocenters. The minimum absolute atomic E-state index is 0.128. The van der Waals surface area contributed by atoms with E-state index in [1.807, 2.05) is 18.2 Å². The third kappa shape index (κ3) is 3.84. The van der Waals surface area contributed by atoms with Crippen molar-refractivity contribution < 1.29 is 14.4 Å². The van der Waals surface area contributed by atoms with Crippen molar-refractivity contribution in [1.29, 1.82) is 0 Å². The van der Waals surface area contributed by atoms with Gasteiger partial charge in [0.2, 0.25) is 11.8 Å². The molecule has 0 spiro atoms. The standard InChI is InChI=1S/C13H12N4O3/c18-9-11-7-17(16-15-11)8-13(20)14-12(19)6-10-4-2-1-3-5-10/h1-5,7,9H,6,8H2,(H,14,19,20). The fraction of sp³-hybridized carbons (Fsp3) is 0.154. The highest BCUT2D eigenvalue weighted by atomic mass is 16.2. The molecule has 0 aliphatic carbocycles. The van der Waals surface area contributed by atoms with Crippen molar-refractivity contribution in [1.82, 2.24) is 20.3 Å². The molecule has 7 heteroatoms. The van der Waals surface area contributed by atoms with Crippen molar-refractivity contribution in [2.45, 2.75) is 13.0 Å². The summed E-state index contributed by atoms with van der Waals surface area (Å²) >= 11 is 0. The molecule has 1 aromatic carbocycles. The Bertz CT molecular complexity index is 622. The van der Waals surface area contributed by atoms with Crippen molar-refractivity contribution in [3.63, 3.8) is 0 Å². The van der Waals surface area contributed by atoms with Gasteiger partial charge in [-0.3, -0.25) is 19.7 Å². The molecule has 1 aromatic heterocycles. The van der Waals surface area contributed by atoms with Gasteiger partial charge in [0, 0.05) is 0 Å². The molecule has 0 unspecified atom stereocenters. The molecule has 2 amide bonds. The second-order valence-electron chi connectivity index (χ2n) is 4.09. The highest BCUT2D eigenvalue weighted by Crippen LogP contribution is 1.99. The van der Waals surface area contributed by atoms with E-state index >= 15 is 0 Å². The Labute approximate surface area is 114 Å². The lowest BCUT2D eigenvalue weighted by Gasteiger charge is -2.04. The van der Waals surface area contributed by atoms with Crippen LogP contribution < -0.4 is 5.32 Å². The van der Waals surface area contributed by atoms with Crippen LogP contribution in [-0.2, 0) is 22.6 Å². The highest BCUT2D eigenvalue weighted by molar-refractivity contribution is 5.95. The number of rotatable bonds is 5. The summed E-state index contributed by atoms with van der Waals surface area (Å²) in [4.78, 5) is 33.7. The van der Waals surface area contributed by atoms with Gasteiger partial charge in [-0.1, -0.05) is 35.5 Å². The predicted molar refractivity (Wildman–Crippen MR) is 68.7 cm³/mol. The van der Waals surface area contributed by atoms with Crippen LogP contribution >= 0.6 is 0 Å². The van der Waals surface area contributed by atoms with Gasteiger partial charge in [-0.15, -0.1) is 5.10 Å². The van der Waals surface area contributed by atoms with Crippen molar-refractivity contribution in [2.24, 2.45) is 0 Å². The topological polar surface area (TPSA) is 94.0 Å². The van der Waals surface area contributed by atoms with Gasteiger partial charge in [0.05, 0.1) is 12.6 Å². The van der Waals surface area contributed by atoms with E-state index in [9.17, 15) is 14.4 Å². The lowest BCUT2D eigenvalue weighted by Crippen LogP contribution is -2.34. The second kappa shape index (κ2) is 6.37. The third-order valence-corrected chi connectivity index (χ3v) is 2.47. The molecule has 0 aliphatic heterocycles. The number of aromatic nitrogens is 3. The summed E-state index contributed by atoms with van der Waals surface area (Å²) in [6.45, 7) is -0.165. The molecule has 102 valence electrons. The minimum atomic E-state index is -0.506. The van der Waals surface area contributed by atoms with Gasteiger partial charge in [0.1, 0.15) is 12.2 Å². The lowest BCUT2D eigenvalue weighted by atomic mass is 10.1. The van der Waals surface area contributed by atoms with Crippen molar-refractivity contribution in [3.05, 3.63) is 47.8 Å². The summed E-state index contributed by atoms with van der Waals surface area (Å²) in [7, 11) is 0. The summed E-state index contributed by atoms with van der Waals surface area (Å²) in [5.74, 6) is -0.898. The van der Waals surface area contributed by atoms with Crippen LogP contribution in [0, 0.1) is 0 Å². The molecule has 0 radical (unpaired) electrons. The fourth-order valence-electron chi connectivity index (χ4n) is 1.61. The number of hydrogen-bond acceptors (Lipinski definition) is 5. The zero-order valence-electron chi connectivity index (χ0n) is 10.5. The Hall–Kier alpha value is -2.83. The monoisotopic (exact) mass is 272 g/mol. The molecule has 1 N–H and O–H groups in total. The first-order chi connectivity index (χ1) is 9.67. The smallest absolute Gasteiger partial charge is 0.248 e. The van der Waals surface area contributed by atoms with Gasteiger partial charge < -0.3 is 0 Å². The Morgan fingerprint density at radius 2 is 1.95 bits per heavy atom. The number of carbonyl (C=O) groups is 3. The van der Waals surface area contributed by atoms with E-state index in [0.29, 0.717) is 6.29 Å². The van der Waals surface area contributed by atoms with E-state index in [1.54, 1.807) is 12.1 Å². The van der Waals surface area contributed by atoms with Crippen LogP contribution in [-0.4, -0.2) is 33.1 Å². The Kier molecular flexibility index (Phi) is 4.33. The van der Waals surface area contributed by atoms with E-state index in [2.05, 4.69) is 15.6 Å². The van der Waals surface area contributed by atoms with E-state index in [4.69, 9.17) is 0 Å². The van der Waals surface area contributed by atoms with Crippen LogP contribution in [0.15, 0.2) is 36.5 Å². The molecule has 0 saturated heterocycles. The Morgan fingerprint density at radius 3 is 2.60 bits per heavy atom. The Balaban J connectivity index is 1.85. The zero-order chi connectivity index (χ0) is 14.4. The maximum Gasteiger partial charge on any atom is 0.248 e. The van der Waals surface area contributed by atoms with Crippen LogP contribution in [0.5, 0.6) is 0 Å². The summed E-state index contributed by atoms with van der Waals surface area (Å²) < 4.78 is 1.19. The summed E-state index contributed by atoms with van der Waals surface area (Å²) in [5.41, 5.74) is 0.954. The van der Waals surface area contributed by atoms with Gasteiger partial charge in [0.25, 0.3) is 0 Å². The molecule has 2 rings (SSSR count). The SMILES string of the molecule is O=Cc1cn(CC(=O)NC(=O)Cc2ccccc2)nn1. The van der Waals surface area contributed by atoms with Crippen molar-refractivity contribution >= 4 is 18.1 Å². The molecule has 0 saturated carbocycles. The van der Waals surface area contributed by atoms with Crippen molar-refractivity contribution in [3.8, 4) is 0 Å². The molecule has 0 aliphatic rings. The van der Waals surface area contributed by atoms with Crippen molar-refractivity contribution in [2.75, 3.05) is 0 Å². The summed E-state index contributed by atoms with van der Waals surface area (Å²) in [5, 5.41) is 9.35. The number of nitrogens with zero attached hydrogens (tertiary/aromatic N) is 3. The molecule has 0 bridgehead atoms. The summed E-state index contributed by atoms with van der Waals surface area (Å²) in [6.07, 6.45) is 1.99. The number of nitrogens with one attached hydrogen (secondary N) is 1. The average molecular weight is 272 g/mol.